The molecule has 0 saturated heterocycles. The SMILES string of the molecule is C=CC(F)(F)c1ccsc1. The minimum Gasteiger partial charge on any atom is -0.196 e. The van der Waals surface area contributed by atoms with E-state index in [-0.39, 0.29) is 5.56 Å². The van der Waals surface area contributed by atoms with E-state index in [0.29, 0.717) is 6.08 Å². The standard InChI is InChI=1S/C7H6F2S/c1-2-7(8,9)6-3-4-10-5-6/h2-5H,1H2. The molecule has 0 aliphatic carbocycles. The summed E-state index contributed by atoms with van der Waals surface area (Å²) in [5, 5.41) is 3.04. The third-order valence-corrected chi connectivity index (χ3v) is 1.85. The van der Waals surface area contributed by atoms with Crippen LogP contribution in [-0.2, 0) is 5.92 Å². The molecule has 1 rings (SSSR count). The maximum absolute atomic E-state index is 12.6. The molecular formula is C7H6F2S. The Kier molecular flexibility index (Phi) is 1.85. The zero-order chi connectivity index (χ0) is 7.61. The van der Waals surface area contributed by atoms with E-state index in [1.54, 1.807) is 5.38 Å². The highest BCUT2D eigenvalue weighted by Crippen LogP contribution is 2.29. The van der Waals surface area contributed by atoms with E-state index in [4.69, 9.17) is 0 Å². The van der Waals surface area contributed by atoms with Gasteiger partial charge in [-0.05, 0) is 17.5 Å². The van der Waals surface area contributed by atoms with Gasteiger partial charge in [0.05, 0.1) is 0 Å². The molecule has 1 aromatic rings. The summed E-state index contributed by atoms with van der Waals surface area (Å²) < 4.78 is 25.2. The molecule has 54 valence electrons. The summed E-state index contributed by atoms with van der Waals surface area (Å²) in [6.45, 7) is 3.04. The zero-order valence-electron chi connectivity index (χ0n) is 5.18. The Morgan fingerprint density at radius 2 is 2.30 bits per heavy atom. The normalized spacial score (nSPS) is 11.4. The second-order valence-corrected chi connectivity index (χ2v) is 2.62. The Hall–Kier alpha value is -0.700. The summed E-state index contributed by atoms with van der Waals surface area (Å²) in [6, 6.07) is 1.40. The molecule has 0 unspecified atom stereocenters. The van der Waals surface area contributed by atoms with Crippen molar-refractivity contribution < 1.29 is 8.78 Å². The van der Waals surface area contributed by atoms with E-state index < -0.39 is 5.92 Å². The van der Waals surface area contributed by atoms with E-state index in [2.05, 4.69) is 6.58 Å². The topological polar surface area (TPSA) is 0 Å². The Bertz CT molecular complexity index is 214. The number of halogens is 2. The van der Waals surface area contributed by atoms with Gasteiger partial charge in [0.25, 0.3) is 5.92 Å². The molecule has 0 atom stereocenters. The van der Waals surface area contributed by atoms with Crippen LogP contribution in [0.5, 0.6) is 0 Å². The maximum atomic E-state index is 12.6. The molecule has 0 spiro atoms. The predicted octanol–water partition coefficient (Wildman–Crippen LogP) is 3.03. The van der Waals surface area contributed by atoms with Gasteiger partial charge < -0.3 is 0 Å². The monoisotopic (exact) mass is 160 g/mol. The van der Waals surface area contributed by atoms with Crippen LogP contribution < -0.4 is 0 Å². The smallest absolute Gasteiger partial charge is 0.196 e. The molecule has 0 aliphatic heterocycles. The van der Waals surface area contributed by atoms with Gasteiger partial charge in [-0.15, -0.1) is 0 Å². The van der Waals surface area contributed by atoms with E-state index >= 15 is 0 Å². The van der Waals surface area contributed by atoms with E-state index in [1.807, 2.05) is 0 Å². The van der Waals surface area contributed by atoms with Crippen LogP contribution in [0.2, 0.25) is 0 Å². The molecule has 10 heavy (non-hydrogen) atoms. The van der Waals surface area contributed by atoms with Crippen LogP contribution in [0.15, 0.2) is 29.5 Å². The molecule has 1 aromatic heterocycles. The third kappa shape index (κ3) is 1.24. The van der Waals surface area contributed by atoms with Crippen molar-refractivity contribution in [2.24, 2.45) is 0 Å². The lowest BCUT2D eigenvalue weighted by Crippen LogP contribution is -2.06. The summed E-state index contributed by atoms with van der Waals surface area (Å²) in [5.74, 6) is -2.86. The molecule has 1 heterocycles. The fourth-order valence-electron chi connectivity index (χ4n) is 0.572. The first-order valence-corrected chi connectivity index (χ1v) is 3.65. The molecule has 0 nitrogen and oxygen atoms in total. The molecule has 0 N–H and O–H groups in total. The number of alkyl halides is 2. The van der Waals surface area contributed by atoms with Crippen molar-refractivity contribution in [1.82, 2.24) is 0 Å². The van der Waals surface area contributed by atoms with Gasteiger partial charge in [0.2, 0.25) is 0 Å². The molecule has 0 amide bonds. The molecule has 0 radical (unpaired) electrons. The number of rotatable bonds is 2. The van der Waals surface area contributed by atoms with E-state index in [9.17, 15) is 8.78 Å². The minimum atomic E-state index is -2.86. The number of hydrogen-bond acceptors (Lipinski definition) is 1. The lowest BCUT2D eigenvalue weighted by molar-refractivity contribution is 0.0530. The van der Waals surface area contributed by atoms with Gasteiger partial charge in [0, 0.05) is 10.9 Å². The van der Waals surface area contributed by atoms with Crippen molar-refractivity contribution >= 4 is 11.3 Å². The van der Waals surface area contributed by atoms with Crippen LogP contribution in [0, 0.1) is 0 Å². The highest BCUT2D eigenvalue weighted by atomic mass is 32.1. The lowest BCUT2D eigenvalue weighted by atomic mass is 10.2. The summed E-state index contributed by atoms with van der Waals surface area (Å²) in [6.07, 6.45) is 0.648. The van der Waals surface area contributed by atoms with Crippen molar-refractivity contribution in [3.05, 3.63) is 35.0 Å². The Balaban J connectivity index is 2.95. The molecule has 0 aliphatic rings. The predicted molar refractivity (Wildman–Crippen MR) is 38.4 cm³/mol. The summed E-state index contributed by atoms with van der Waals surface area (Å²) in [4.78, 5) is 0. The van der Waals surface area contributed by atoms with Gasteiger partial charge in [-0.3, -0.25) is 0 Å². The second kappa shape index (κ2) is 2.50. The van der Waals surface area contributed by atoms with Crippen molar-refractivity contribution in [2.75, 3.05) is 0 Å². The average molecular weight is 160 g/mol. The molecule has 0 saturated carbocycles. The number of allylic oxidation sites excluding steroid dienone is 1. The van der Waals surface area contributed by atoms with Gasteiger partial charge in [-0.25, -0.2) is 0 Å². The average Bonchev–Trinajstić information content (AvgIpc) is 2.38. The van der Waals surface area contributed by atoms with Gasteiger partial charge in [-0.1, -0.05) is 6.58 Å². The molecule has 0 aromatic carbocycles. The van der Waals surface area contributed by atoms with Gasteiger partial charge in [-0.2, -0.15) is 20.1 Å². The van der Waals surface area contributed by atoms with Crippen LogP contribution >= 0.6 is 11.3 Å². The Morgan fingerprint density at radius 3 is 2.70 bits per heavy atom. The quantitative estimate of drug-likeness (QED) is 0.583. The fourth-order valence-corrected chi connectivity index (χ4v) is 1.26. The minimum absolute atomic E-state index is 0.0208. The Morgan fingerprint density at radius 1 is 1.60 bits per heavy atom. The largest absolute Gasteiger partial charge is 0.292 e. The van der Waals surface area contributed by atoms with Gasteiger partial charge in [0.15, 0.2) is 0 Å². The molecule has 0 fully saturated rings. The van der Waals surface area contributed by atoms with Crippen LogP contribution in [0.3, 0.4) is 0 Å². The van der Waals surface area contributed by atoms with Crippen LogP contribution in [0.25, 0.3) is 0 Å². The summed E-state index contributed by atoms with van der Waals surface area (Å²) in [7, 11) is 0. The van der Waals surface area contributed by atoms with Crippen LogP contribution in [-0.4, -0.2) is 0 Å². The fraction of sp³-hybridized carbons (Fsp3) is 0.143. The van der Waals surface area contributed by atoms with Crippen molar-refractivity contribution in [1.29, 1.82) is 0 Å². The first kappa shape index (κ1) is 7.41. The summed E-state index contributed by atoms with van der Waals surface area (Å²) in [5.41, 5.74) is 0.0208. The van der Waals surface area contributed by atoms with E-state index in [1.165, 1.54) is 22.8 Å². The highest BCUT2D eigenvalue weighted by molar-refractivity contribution is 7.08. The van der Waals surface area contributed by atoms with Crippen LogP contribution in [0.1, 0.15) is 5.56 Å². The first-order valence-electron chi connectivity index (χ1n) is 2.71. The highest BCUT2D eigenvalue weighted by Gasteiger charge is 2.26. The van der Waals surface area contributed by atoms with Crippen LogP contribution in [0.4, 0.5) is 8.78 Å². The summed E-state index contributed by atoms with van der Waals surface area (Å²) >= 11 is 1.25. The third-order valence-electron chi connectivity index (χ3n) is 1.16. The van der Waals surface area contributed by atoms with Gasteiger partial charge in [0.1, 0.15) is 0 Å². The Labute approximate surface area is 61.8 Å². The molecular weight excluding hydrogens is 154 g/mol. The first-order chi connectivity index (χ1) is 4.67. The molecule has 3 heteroatoms. The zero-order valence-corrected chi connectivity index (χ0v) is 6.00. The van der Waals surface area contributed by atoms with E-state index in [0.717, 1.165) is 0 Å². The lowest BCUT2D eigenvalue weighted by Gasteiger charge is -2.07. The van der Waals surface area contributed by atoms with Crippen molar-refractivity contribution in [2.45, 2.75) is 5.92 Å². The maximum Gasteiger partial charge on any atom is 0.292 e. The van der Waals surface area contributed by atoms with Crippen molar-refractivity contribution in [3.63, 3.8) is 0 Å². The van der Waals surface area contributed by atoms with Gasteiger partial charge >= 0.3 is 0 Å². The number of hydrogen-bond donors (Lipinski definition) is 0. The van der Waals surface area contributed by atoms with Crippen molar-refractivity contribution in [3.8, 4) is 0 Å². The number of thiophene rings is 1. The molecule has 0 bridgehead atoms. The second-order valence-electron chi connectivity index (χ2n) is 1.84.